The van der Waals surface area contributed by atoms with Crippen molar-refractivity contribution in [2.75, 3.05) is 19.0 Å². The van der Waals surface area contributed by atoms with Gasteiger partial charge >= 0.3 is 0 Å². The van der Waals surface area contributed by atoms with Gasteiger partial charge in [0.25, 0.3) is 11.1 Å². The summed E-state index contributed by atoms with van der Waals surface area (Å²) in [5, 5.41) is 2.01. The number of anilines is 1. The largest absolute Gasteiger partial charge is 0.493 e. The van der Waals surface area contributed by atoms with Gasteiger partial charge in [0.05, 0.1) is 22.7 Å². The molecule has 37 heavy (non-hydrogen) atoms. The fraction of sp³-hybridized carbons (Fsp3) is 0.148. The lowest BCUT2D eigenvalue weighted by Gasteiger charge is -2.14. The normalized spacial score (nSPS) is 14.3. The Labute approximate surface area is 222 Å². The number of halogens is 2. The minimum atomic E-state index is -0.700. The molecule has 1 aliphatic heterocycles. The van der Waals surface area contributed by atoms with Crippen molar-refractivity contribution in [3.8, 4) is 11.5 Å². The maximum Gasteiger partial charge on any atom is 0.294 e. The van der Waals surface area contributed by atoms with Crippen molar-refractivity contribution in [3.05, 3.63) is 93.1 Å². The molecule has 0 bridgehead atoms. The Morgan fingerprint density at radius 1 is 1.14 bits per heavy atom. The van der Waals surface area contributed by atoms with Crippen LogP contribution >= 0.6 is 23.4 Å². The van der Waals surface area contributed by atoms with Crippen molar-refractivity contribution >= 4 is 52.2 Å². The Bertz CT molecular complexity index is 1410. The molecule has 10 heteroatoms. The molecule has 0 saturated carbocycles. The van der Waals surface area contributed by atoms with Gasteiger partial charge in [0.15, 0.2) is 11.5 Å². The number of para-hydroxylation sites is 1. The Morgan fingerprint density at radius 3 is 2.65 bits per heavy atom. The van der Waals surface area contributed by atoms with Crippen molar-refractivity contribution in [1.82, 2.24) is 4.90 Å². The number of rotatable bonds is 8. The third-order valence-electron chi connectivity index (χ3n) is 5.34. The fourth-order valence-corrected chi connectivity index (χ4v) is 4.72. The highest BCUT2D eigenvalue weighted by molar-refractivity contribution is 8.18. The van der Waals surface area contributed by atoms with Gasteiger partial charge in [-0.2, -0.15) is 0 Å². The van der Waals surface area contributed by atoms with Crippen LogP contribution in [0.1, 0.15) is 16.7 Å². The third kappa shape index (κ3) is 6.31. The molecular weight excluding hydrogens is 519 g/mol. The van der Waals surface area contributed by atoms with E-state index in [-0.39, 0.29) is 22.2 Å². The van der Waals surface area contributed by atoms with E-state index < -0.39 is 29.4 Å². The van der Waals surface area contributed by atoms with Crippen LogP contribution in [0.15, 0.2) is 65.6 Å². The first-order valence-corrected chi connectivity index (χ1v) is 12.3. The molecule has 1 aliphatic rings. The van der Waals surface area contributed by atoms with Gasteiger partial charge in [-0.05, 0) is 60.2 Å². The van der Waals surface area contributed by atoms with Crippen LogP contribution in [0.5, 0.6) is 11.5 Å². The molecule has 0 aliphatic carbocycles. The summed E-state index contributed by atoms with van der Waals surface area (Å²) < 4.78 is 25.1. The van der Waals surface area contributed by atoms with E-state index in [4.69, 9.17) is 21.1 Å². The second kappa shape index (κ2) is 11.5. The number of nitrogens with one attached hydrogen (secondary N) is 1. The molecule has 0 atom stereocenters. The van der Waals surface area contributed by atoms with Gasteiger partial charge in [0.2, 0.25) is 5.91 Å². The molecular formula is C27H22ClFN2O5S. The van der Waals surface area contributed by atoms with E-state index in [1.807, 2.05) is 31.2 Å². The standard InChI is InChI=1S/C27H22ClFN2O5S/c1-16-6-5-7-17(10-16)15-36-25-19(28)11-18(12-22(25)35-2)13-23-26(33)31(27(34)37-23)14-24(32)30-21-9-4-3-8-20(21)29/h3-13H,14-15H2,1-2H3,(H,30,32)/b23-13-. The number of benzene rings is 3. The SMILES string of the molecule is COc1cc(/C=C2\SC(=O)N(CC(=O)Nc3ccccc3F)C2=O)cc(Cl)c1OCc1cccc(C)c1. The van der Waals surface area contributed by atoms with Crippen LogP contribution < -0.4 is 14.8 Å². The lowest BCUT2D eigenvalue weighted by Crippen LogP contribution is -2.36. The maximum atomic E-state index is 13.8. The maximum absolute atomic E-state index is 13.8. The van der Waals surface area contributed by atoms with Crippen LogP contribution in [0.3, 0.4) is 0 Å². The molecule has 0 aromatic heterocycles. The summed E-state index contributed by atoms with van der Waals surface area (Å²) in [4.78, 5) is 38.5. The van der Waals surface area contributed by atoms with Crippen LogP contribution in [0.25, 0.3) is 6.08 Å². The summed E-state index contributed by atoms with van der Waals surface area (Å²) in [5.74, 6) is -1.26. The molecule has 1 fully saturated rings. The minimum absolute atomic E-state index is 0.0403. The number of hydrogen-bond donors (Lipinski definition) is 1. The van der Waals surface area contributed by atoms with Crippen molar-refractivity contribution in [3.63, 3.8) is 0 Å². The van der Waals surface area contributed by atoms with Crippen molar-refractivity contribution in [2.24, 2.45) is 0 Å². The predicted octanol–water partition coefficient (Wildman–Crippen LogP) is 6.05. The molecule has 3 amide bonds. The van der Waals surface area contributed by atoms with Crippen molar-refractivity contribution < 1.29 is 28.2 Å². The highest BCUT2D eigenvalue weighted by Crippen LogP contribution is 2.39. The second-order valence-electron chi connectivity index (χ2n) is 8.11. The fourth-order valence-electron chi connectivity index (χ4n) is 3.60. The van der Waals surface area contributed by atoms with Crippen LogP contribution in [-0.2, 0) is 16.2 Å². The van der Waals surface area contributed by atoms with E-state index in [9.17, 15) is 18.8 Å². The van der Waals surface area contributed by atoms with Gasteiger partial charge in [-0.1, -0.05) is 53.6 Å². The number of thioether (sulfide) groups is 1. The average Bonchev–Trinajstić information content (AvgIpc) is 3.11. The predicted molar refractivity (Wildman–Crippen MR) is 141 cm³/mol. The first kappa shape index (κ1) is 26.2. The van der Waals surface area contributed by atoms with Gasteiger partial charge in [0.1, 0.15) is 19.0 Å². The van der Waals surface area contributed by atoms with E-state index in [1.165, 1.54) is 31.4 Å². The number of carbonyl (C=O) groups is 3. The average molecular weight is 541 g/mol. The molecule has 4 rings (SSSR count). The van der Waals surface area contributed by atoms with E-state index in [1.54, 1.807) is 18.2 Å². The van der Waals surface area contributed by atoms with Crippen molar-refractivity contribution in [2.45, 2.75) is 13.5 Å². The molecule has 0 unspecified atom stereocenters. The van der Waals surface area contributed by atoms with Crippen LogP contribution in [0.4, 0.5) is 14.9 Å². The Kier molecular flexibility index (Phi) is 8.15. The third-order valence-corrected chi connectivity index (χ3v) is 6.53. The quantitative estimate of drug-likeness (QED) is 0.350. The van der Waals surface area contributed by atoms with E-state index in [0.717, 1.165) is 16.0 Å². The van der Waals surface area contributed by atoms with E-state index in [2.05, 4.69) is 5.32 Å². The van der Waals surface area contributed by atoms with E-state index in [0.29, 0.717) is 28.8 Å². The number of imide groups is 1. The molecule has 1 N–H and O–H groups in total. The minimum Gasteiger partial charge on any atom is -0.493 e. The highest BCUT2D eigenvalue weighted by Gasteiger charge is 2.36. The zero-order chi connectivity index (χ0) is 26.5. The summed E-state index contributed by atoms with van der Waals surface area (Å²) >= 11 is 7.15. The number of aryl methyl sites for hydroxylation is 1. The second-order valence-corrected chi connectivity index (χ2v) is 9.51. The number of nitrogens with zero attached hydrogens (tertiary/aromatic N) is 1. The first-order valence-electron chi connectivity index (χ1n) is 11.1. The molecule has 1 saturated heterocycles. The summed E-state index contributed by atoms with van der Waals surface area (Å²) in [6.07, 6.45) is 1.48. The molecule has 3 aromatic carbocycles. The zero-order valence-corrected chi connectivity index (χ0v) is 21.5. The molecule has 7 nitrogen and oxygen atoms in total. The van der Waals surface area contributed by atoms with Gasteiger partial charge in [-0.3, -0.25) is 19.3 Å². The monoisotopic (exact) mass is 540 g/mol. The Hall–Kier alpha value is -3.82. The number of carbonyl (C=O) groups excluding carboxylic acids is 3. The van der Waals surface area contributed by atoms with Gasteiger partial charge in [0, 0.05) is 0 Å². The lowest BCUT2D eigenvalue weighted by atomic mass is 10.1. The van der Waals surface area contributed by atoms with Crippen LogP contribution in [0, 0.1) is 12.7 Å². The molecule has 0 spiro atoms. The van der Waals surface area contributed by atoms with Crippen LogP contribution in [0.2, 0.25) is 5.02 Å². The molecule has 190 valence electrons. The molecule has 3 aromatic rings. The number of ether oxygens (including phenoxy) is 2. The van der Waals surface area contributed by atoms with Crippen molar-refractivity contribution in [1.29, 1.82) is 0 Å². The number of amides is 3. The molecule has 0 radical (unpaired) electrons. The van der Waals surface area contributed by atoms with E-state index >= 15 is 0 Å². The lowest BCUT2D eigenvalue weighted by molar-refractivity contribution is -0.127. The Balaban J connectivity index is 1.48. The molecule has 1 heterocycles. The van der Waals surface area contributed by atoms with Gasteiger partial charge in [-0.15, -0.1) is 0 Å². The smallest absolute Gasteiger partial charge is 0.294 e. The highest BCUT2D eigenvalue weighted by atomic mass is 35.5. The first-order chi connectivity index (χ1) is 17.7. The Morgan fingerprint density at radius 2 is 1.92 bits per heavy atom. The summed E-state index contributed by atoms with van der Waals surface area (Å²) in [5.41, 5.74) is 2.54. The van der Waals surface area contributed by atoms with Crippen LogP contribution in [-0.4, -0.2) is 35.6 Å². The summed E-state index contributed by atoms with van der Waals surface area (Å²) in [6, 6.07) is 16.7. The van der Waals surface area contributed by atoms with Gasteiger partial charge < -0.3 is 14.8 Å². The number of methoxy groups -OCH3 is 1. The summed E-state index contributed by atoms with van der Waals surface area (Å²) in [7, 11) is 1.47. The van der Waals surface area contributed by atoms with Gasteiger partial charge in [-0.25, -0.2) is 4.39 Å². The number of hydrogen-bond acceptors (Lipinski definition) is 6. The topological polar surface area (TPSA) is 84.9 Å². The zero-order valence-electron chi connectivity index (χ0n) is 19.9. The summed E-state index contributed by atoms with van der Waals surface area (Å²) in [6.45, 7) is 1.72.